The van der Waals surface area contributed by atoms with Gasteiger partial charge in [0.15, 0.2) is 0 Å². The second-order valence-electron chi connectivity index (χ2n) is 4.77. The molecule has 0 saturated carbocycles. The van der Waals surface area contributed by atoms with Crippen molar-refractivity contribution in [1.82, 2.24) is 0 Å². The number of methoxy groups -OCH3 is 1. The van der Waals surface area contributed by atoms with Gasteiger partial charge in [-0.25, -0.2) is 0 Å². The van der Waals surface area contributed by atoms with Crippen LogP contribution in [0.15, 0.2) is 72.8 Å². The fourth-order valence-corrected chi connectivity index (χ4v) is 2.53. The summed E-state index contributed by atoms with van der Waals surface area (Å²) in [4.78, 5) is 0. The van der Waals surface area contributed by atoms with Gasteiger partial charge >= 0.3 is 0 Å². The van der Waals surface area contributed by atoms with E-state index in [1.165, 1.54) is 0 Å². The zero-order valence-electron chi connectivity index (χ0n) is 11.8. The number of phenolic OH excluding ortho intramolecular Hbond substituents is 1. The van der Waals surface area contributed by atoms with Gasteiger partial charge in [0.05, 0.1) is 7.11 Å². The molecule has 0 aliphatic carbocycles. The van der Waals surface area contributed by atoms with E-state index in [0.717, 1.165) is 28.0 Å². The molecule has 0 fully saturated rings. The van der Waals surface area contributed by atoms with Crippen molar-refractivity contribution in [2.75, 3.05) is 7.11 Å². The van der Waals surface area contributed by atoms with Gasteiger partial charge in [-0.3, -0.25) is 0 Å². The highest BCUT2D eigenvalue weighted by atomic mass is 16.5. The highest BCUT2D eigenvalue weighted by molar-refractivity contribution is 5.91. The fraction of sp³-hybridized carbons (Fsp3) is 0.0526. The first-order chi connectivity index (χ1) is 10.3. The maximum atomic E-state index is 10.4. The van der Waals surface area contributed by atoms with Crippen molar-refractivity contribution in [3.05, 3.63) is 72.8 Å². The minimum absolute atomic E-state index is 0.251. The third-order valence-electron chi connectivity index (χ3n) is 3.49. The van der Waals surface area contributed by atoms with Gasteiger partial charge < -0.3 is 9.84 Å². The van der Waals surface area contributed by atoms with E-state index in [-0.39, 0.29) is 5.75 Å². The van der Waals surface area contributed by atoms with Crippen molar-refractivity contribution in [3.63, 3.8) is 0 Å². The smallest absolute Gasteiger partial charge is 0.127 e. The Morgan fingerprint density at radius 1 is 0.667 bits per heavy atom. The summed E-state index contributed by atoms with van der Waals surface area (Å²) >= 11 is 0. The van der Waals surface area contributed by atoms with Crippen molar-refractivity contribution in [3.8, 4) is 33.8 Å². The lowest BCUT2D eigenvalue weighted by molar-refractivity contribution is 0.414. The molecule has 1 N–H and O–H groups in total. The summed E-state index contributed by atoms with van der Waals surface area (Å²) in [6, 6.07) is 23.3. The lowest BCUT2D eigenvalue weighted by atomic mass is 9.93. The molecule has 0 saturated heterocycles. The van der Waals surface area contributed by atoms with Crippen LogP contribution in [0.5, 0.6) is 11.5 Å². The van der Waals surface area contributed by atoms with Gasteiger partial charge in [0.25, 0.3) is 0 Å². The Morgan fingerprint density at radius 3 is 1.71 bits per heavy atom. The number of phenols is 1. The summed E-state index contributed by atoms with van der Waals surface area (Å²) in [7, 11) is 1.65. The average molecular weight is 276 g/mol. The molecule has 0 aromatic heterocycles. The van der Waals surface area contributed by atoms with Gasteiger partial charge in [-0.05, 0) is 23.3 Å². The molecular formula is C19H16O2. The predicted molar refractivity (Wildman–Crippen MR) is 85.5 cm³/mol. The van der Waals surface area contributed by atoms with E-state index in [4.69, 9.17) is 4.74 Å². The molecule has 3 aromatic carbocycles. The number of ether oxygens (including phenoxy) is 1. The van der Waals surface area contributed by atoms with Crippen molar-refractivity contribution in [2.24, 2.45) is 0 Å². The zero-order valence-corrected chi connectivity index (χ0v) is 11.8. The largest absolute Gasteiger partial charge is 0.507 e. The molecule has 0 atom stereocenters. The molecule has 0 radical (unpaired) electrons. The molecule has 0 heterocycles. The number of hydrogen-bond acceptors (Lipinski definition) is 2. The summed E-state index contributed by atoms with van der Waals surface area (Å²) in [5.41, 5.74) is 3.68. The third kappa shape index (κ3) is 2.48. The van der Waals surface area contributed by atoms with Crippen LogP contribution in [0.4, 0.5) is 0 Å². The summed E-state index contributed by atoms with van der Waals surface area (Å²) in [5, 5.41) is 10.4. The lowest BCUT2D eigenvalue weighted by Crippen LogP contribution is -1.92. The second kappa shape index (κ2) is 5.71. The van der Waals surface area contributed by atoms with Crippen molar-refractivity contribution in [2.45, 2.75) is 0 Å². The molecule has 3 rings (SSSR count). The monoisotopic (exact) mass is 276 g/mol. The highest BCUT2D eigenvalue weighted by Crippen LogP contribution is 2.44. The van der Waals surface area contributed by atoms with Gasteiger partial charge in [-0.1, -0.05) is 60.7 Å². The van der Waals surface area contributed by atoms with E-state index >= 15 is 0 Å². The molecule has 2 nitrogen and oxygen atoms in total. The number of benzene rings is 3. The molecule has 21 heavy (non-hydrogen) atoms. The minimum Gasteiger partial charge on any atom is -0.507 e. The molecule has 0 spiro atoms. The van der Waals surface area contributed by atoms with Crippen molar-refractivity contribution in [1.29, 1.82) is 0 Å². The zero-order chi connectivity index (χ0) is 14.7. The van der Waals surface area contributed by atoms with E-state index in [2.05, 4.69) is 0 Å². The van der Waals surface area contributed by atoms with Gasteiger partial charge in [-0.2, -0.15) is 0 Å². The predicted octanol–water partition coefficient (Wildman–Crippen LogP) is 4.73. The molecule has 0 unspecified atom stereocenters. The summed E-state index contributed by atoms with van der Waals surface area (Å²) in [6.07, 6.45) is 0. The maximum absolute atomic E-state index is 10.4. The van der Waals surface area contributed by atoms with E-state index in [0.29, 0.717) is 0 Å². The van der Waals surface area contributed by atoms with Gasteiger partial charge in [0.2, 0.25) is 0 Å². The Morgan fingerprint density at radius 2 is 1.19 bits per heavy atom. The van der Waals surface area contributed by atoms with Gasteiger partial charge in [0, 0.05) is 11.1 Å². The molecule has 3 aromatic rings. The van der Waals surface area contributed by atoms with Crippen LogP contribution in [0, 0.1) is 0 Å². The molecule has 0 bridgehead atoms. The molecule has 0 amide bonds. The standard InChI is InChI=1S/C19H16O2/c1-21-17-13-12-16(20)18(14-8-4-2-5-9-14)19(17)15-10-6-3-7-11-15/h2-13,20H,1H3. The fourth-order valence-electron chi connectivity index (χ4n) is 2.53. The minimum atomic E-state index is 0.251. The van der Waals surface area contributed by atoms with Gasteiger partial charge in [0.1, 0.15) is 11.5 Å². The molecule has 0 aliphatic heterocycles. The van der Waals surface area contributed by atoms with E-state index in [9.17, 15) is 5.11 Å². The molecular weight excluding hydrogens is 260 g/mol. The second-order valence-corrected chi connectivity index (χ2v) is 4.77. The Hall–Kier alpha value is -2.74. The number of hydrogen-bond donors (Lipinski definition) is 1. The average Bonchev–Trinajstić information content (AvgIpc) is 2.56. The van der Waals surface area contributed by atoms with Crippen molar-refractivity contribution >= 4 is 0 Å². The first kappa shape index (κ1) is 13.3. The van der Waals surface area contributed by atoms with Crippen LogP contribution < -0.4 is 4.74 Å². The summed E-state index contributed by atoms with van der Waals surface area (Å²) < 4.78 is 5.51. The molecule has 2 heteroatoms. The summed E-state index contributed by atoms with van der Waals surface area (Å²) in [5.74, 6) is 0.999. The van der Waals surface area contributed by atoms with E-state index < -0.39 is 0 Å². The molecule has 0 aliphatic rings. The first-order valence-corrected chi connectivity index (χ1v) is 6.82. The van der Waals surface area contributed by atoms with Crippen LogP contribution in [0.25, 0.3) is 22.3 Å². The van der Waals surface area contributed by atoms with Crippen LogP contribution >= 0.6 is 0 Å². The quantitative estimate of drug-likeness (QED) is 0.749. The first-order valence-electron chi connectivity index (χ1n) is 6.82. The van der Waals surface area contributed by atoms with Crippen LogP contribution in [0.2, 0.25) is 0 Å². The summed E-state index contributed by atoms with van der Waals surface area (Å²) in [6.45, 7) is 0. The normalized spacial score (nSPS) is 10.3. The van der Waals surface area contributed by atoms with E-state index in [1.807, 2.05) is 60.7 Å². The van der Waals surface area contributed by atoms with E-state index in [1.54, 1.807) is 19.2 Å². The lowest BCUT2D eigenvalue weighted by Gasteiger charge is -2.16. The van der Waals surface area contributed by atoms with Gasteiger partial charge in [-0.15, -0.1) is 0 Å². The topological polar surface area (TPSA) is 29.5 Å². The van der Waals surface area contributed by atoms with Crippen LogP contribution in [0.3, 0.4) is 0 Å². The Balaban J connectivity index is 2.33. The number of rotatable bonds is 3. The molecule has 104 valence electrons. The third-order valence-corrected chi connectivity index (χ3v) is 3.49. The highest BCUT2D eigenvalue weighted by Gasteiger charge is 2.16. The van der Waals surface area contributed by atoms with Crippen molar-refractivity contribution < 1.29 is 9.84 Å². The Labute approximate surface area is 124 Å². The Bertz CT molecular complexity index is 734. The van der Waals surface area contributed by atoms with Crippen LogP contribution in [0.1, 0.15) is 0 Å². The van der Waals surface area contributed by atoms with Crippen LogP contribution in [-0.2, 0) is 0 Å². The Kier molecular flexibility index (Phi) is 3.61. The SMILES string of the molecule is COc1ccc(O)c(-c2ccccc2)c1-c1ccccc1. The number of aromatic hydroxyl groups is 1. The maximum Gasteiger partial charge on any atom is 0.127 e. The van der Waals surface area contributed by atoms with Crippen LogP contribution in [-0.4, -0.2) is 12.2 Å².